The van der Waals surface area contributed by atoms with Gasteiger partial charge in [-0.05, 0) is 77.9 Å². The van der Waals surface area contributed by atoms with Crippen molar-refractivity contribution in [1.29, 1.82) is 0 Å². The summed E-state index contributed by atoms with van der Waals surface area (Å²) in [5.41, 5.74) is 7.27. The minimum Gasteiger partial charge on any atom is -0.456 e. The van der Waals surface area contributed by atoms with E-state index < -0.39 is 0 Å². The van der Waals surface area contributed by atoms with Crippen molar-refractivity contribution in [3.05, 3.63) is 120 Å². The Labute approximate surface area is 248 Å². The van der Waals surface area contributed by atoms with Crippen LogP contribution in [0.4, 0.5) is 17.1 Å². The fraction of sp³-hybridized carbons (Fsp3) is 0. The number of hydrogen-bond donors (Lipinski definition) is 0. The van der Waals surface area contributed by atoms with Crippen molar-refractivity contribution in [2.75, 3.05) is 4.90 Å². The van der Waals surface area contributed by atoms with Gasteiger partial charge in [-0.15, -0.1) is 0 Å². The molecular weight excluding hydrogens is 561 g/mol. The van der Waals surface area contributed by atoms with E-state index in [1.165, 1.54) is 43.6 Å². The lowest BCUT2D eigenvalue weighted by Crippen LogP contribution is -2.18. The fourth-order valence-corrected chi connectivity index (χ4v) is 7.97. The molecule has 8 heteroatoms. The summed E-state index contributed by atoms with van der Waals surface area (Å²) in [6, 6.07) is 32.9. The molecule has 0 atom stereocenters. The van der Waals surface area contributed by atoms with Crippen LogP contribution in [-0.4, -0.2) is 15.0 Å². The molecule has 0 fully saturated rings. The molecule has 7 aromatic rings. The molecule has 2 aliphatic rings. The molecule has 0 bridgehead atoms. The maximum absolute atomic E-state index is 13.8. The van der Waals surface area contributed by atoms with E-state index in [1.807, 2.05) is 36.0 Å². The Morgan fingerprint density at radius 3 is 2.00 bits per heavy atom. The number of rotatable bonds is 2. The third-order valence-electron chi connectivity index (χ3n) is 7.68. The number of para-hydroxylation sites is 2. The highest BCUT2D eigenvalue weighted by atomic mass is 32.2. The van der Waals surface area contributed by atoms with Gasteiger partial charge in [0.1, 0.15) is 23.8 Å². The Balaban J connectivity index is 1.20. The van der Waals surface area contributed by atoms with Gasteiger partial charge in [0, 0.05) is 25.1 Å². The van der Waals surface area contributed by atoms with E-state index in [-0.39, 0.29) is 5.43 Å². The molecule has 0 spiro atoms. The number of fused-ring (bicyclic) bond motifs is 6. The molecule has 0 amide bonds. The Morgan fingerprint density at radius 2 is 1.21 bits per heavy atom. The van der Waals surface area contributed by atoms with E-state index >= 15 is 0 Å². The van der Waals surface area contributed by atoms with E-state index in [1.54, 1.807) is 23.9 Å². The van der Waals surface area contributed by atoms with Crippen LogP contribution in [0.15, 0.2) is 139 Å². The number of aromatic nitrogens is 3. The largest absolute Gasteiger partial charge is 0.456 e. The molecule has 6 nitrogen and oxygen atoms in total. The van der Waals surface area contributed by atoms with E-state index in [9.17, 15) is 4.79 Å². The minimum atomic E-state index is -0.0851. The van der Waals surface area contributed by atoms with E-state index in [4.69, 9.17) is 4.42 Å². The SMILES string of the molecule is O=c1c2cc(-c3ccc4c(c3)N3c5ccccc5Sc5cccc(c53)S4)ccc2oc2ccc(-c3ncncn3)cc12. The van der Waals surface area contributed by atoms with Crippen LogP contribution in [0.5, 0.6) is 0 Å². The third kappa shape index (κ3) is 3.55. The van der Waals surface area contributed by atoms with Gasteiger partial charge in [0.15, 0.2) is 5.82 Å². The van der Waals surface area contributed by atoms with Gasteiger partial charge in [-0.3, -0.25) is 4.79 Å². The molecule has 2 aliphatic heterocycles. The second kappa shape index (κ2) is 9.04. The summed E-state index contributed by atoms with van der Waals surface area (Å²) >= 11 is 3.62. The highest BCUT2D eigenvalue weighted by Crippen LogP contribution is 2.60. The molecule has 2 aromatic heterocycles. The van der Waals surface area contributed by atoms with Gasteiger partial charge in [0.25, 0.3) is 0 Å². The van der Waals surface area contributed by atoms with Gasteiger partial charge < -0.3 is 9.32 Å². The second-order valence-corrected chi connectivity index (χ2v) is 12.3. The Kier molecular flexibility index (Phi) is 5.11. The quantitative estimate of drug-likeness (QED) is 0.188. The number of nitrogens with zero attached hydrogens (tertiary/aromatic N) is 4. The lowest BCUT2D eigenvalue weighted by molar-refractivity contribution is 0.660. The first-order valence-electron chi connectivity index (χ1n) is 13.4. The molecule has 0 radical (unpaired) electrons. The van der Waals surface area contributed by atoms with Crippen LogP contribution in [0.2, 0.25) is 0 Å². The predicted molar refractivity (Wildman–Crippen MR) is 167 cm³/mol. The average Bonchev–Trinajstić information content (AvgIpc) is 3.05. The van der Waals surface area contributed by atoms with Crippen molar-refractivity contribution in [1.82, 2.24) is 15.0 Å². The zero-order valence-corrected chi connectivity index (χ0v) is 23.4. The lowest BCUT2D eigenvalue weighted by atomic mass is 10.0. The number of anilines is 3. The Hall–Kier alpha value is -4.92. The predicted octanol–water partition coefficient (Wildman–Crippen LogP) is 8.86. The van der Waals surface area contributed by atoms with Crippen LogP contribution in [0, 0.1) is 0 Å². The first kappa shape index (κ1) is 23.8. The average molecular weight is 579 g/mol. The molecule has 0 unspecified atom stereocenters. The molecule has 5 aromatic carbocycles. The summed E-state index contributed by atoms with van der Waals surface area (Å²) in [5, 5.41) is 1.03. The Bertz CT molecular complexity index is 2290. The zero-order chi connectivity index (χ0) is 27.8. The molecule has 198 valence electrons. The second-order valence-electron chi connectivity index (χ2n) is 10.1. The van der Waals surface area contributed by atoms with Gasteiger partial charge in [-0.2, -0.15) is 0 Å². The molecule has 0 aliphatic carbocycles. The van der Waals surface area contributed by atoms with E-state index in [0.29, 0.717) is 27.8 Å². The van der Waals surface area contributed by atoms with Crippen molar-refractivity contribution in [3.8, 4) is 22.5 Å². The summed E-state index contributed by atoms with van der Waals surface area (Å²) < 4.78 is 6.17. The van der Waals surface area contributed by atoms with Crippen LogP contribution >= 0.6 is 23.5 Å². The van der Waals surface area contributed by atoms with Gasteiger partial charge in [-0.25, -0.2) is 15.0 Å². The first-order valence-corrected chi connectivity index (χ1v) is 15.0. The smallest absolute Gasteiger partial charge is 0.200 e. The minimum absolute atomic E-state index is 0.0851. The van der Waals surface area contributed by atoms with Gasteiger partial charge in [0.05, 0.1) is 27.8 Å². The summed E-state index contributed by atoms with van der Waals surface area (Å²) in [7, 11) is 0. The summed E-state index contributed by atoms with van der Waals surface area (Å²) in [6.45, 7) is 0. The first-order chi connectivity index (χ1) is 20.7. The van der Waals surface area contributed by atoms with Crippen molar-refractivity contribution >= 4 is 62.5 Å². The van der Waals surface area contributed by atoms with Crippen molar-refractivity contribution in [3.63, 3.8) is 0 Å². The van der Waals surface area contributed by atoms with Gasteiger partial charge >= 0.3 is 0 Å². The monoisotopic (exact) mass is 578 g/mol. The normalized spacial score (nSPS) is 13.1. The highest BCUT2D eigenvalue weighted by molar-refractivity contribution is 8.00. The van der Waals surface area contributed by atoms with E-state index in [0.717, 1.165) is 22.4 Å². The molecule has 0 saturated heterocycles. The molecule has 0 saturated carbocycles. The zero-order valence-electron chi connectivity index (χ0n) is 21.8. The lowest BCUT2D eigenvalue weighted by Gasteiger charge is -2.38. The van der Waals surface area contributed by atoms with Crippen LogP contribution in [0.25, 0.3) is 44.5 Å². The van der Waals surface area contributed by atoms with E-state index in [2.05, 4.69) is 80.5 Å². The van der Waals surface area contributed by atoms with Gasteiger partial charge in [0.2, 0.25) is 5.43 Å². The maximum Gasteiger partial charge on any atom is 0.200 e. The van der Waals surface area contributed by atoms with Crippen molar-refractivity contribution < 1.29 is 4.42 Å². The van der Waals surface area contributed by atoms with Gasteiger partial charge in [-0.1, -0.05) is 53.9 Å². The standard InChI is InChI=1S/C34H18N4O2S2/c39-33-22-14-19(8-11-26(22)40-27-12-9-21(15-23(27)33)34-36-17-35-18-37-34)20-10-13-29-25(16-20)38-24-4-1-2-5-28(24)41-30-6-3-7-31(42-29)32(30)38/h1-18H. The van der Waals surface area contributed by atoms with Crippen LogP contribution < -0.4 is 10.3 Å². The van der Waals surface area contributed by atoms with Crippen molar-refractivity contribution in [2.24, 2.45) is 0 Å². The van der Waals surface area contributed by atoms with Crippen LogP contribution in [0.1, 0.15) is 0 Å². The molecular formula is C34H18N4O2S2. The summed E-state index contributed by atoms with van der Waals surface area (Å²) in [6.07, 6.45) is 2.89. The van der Waals surface area contributed by atoms with Crippen LogP contribution in [0.3, 0.4) is 0 Å². The highest BCUT2D eigenvalue weighted by Gasteiger charge is 2.32. The molecule has 9 rings (SSSR count). The molecule has 0 N–H and O–H groups in total. The third-order valence-corrected chi connectivity index (χ3v) is 9.91. The Morgan fingerprint density at radius 1 is 0.595 bits per heavy atom. The summed E-state index contributed by atoms with van der Waals surface area (Å²) in [4.78, 5) is 33.4. The fourth-order valence-electron chi connectivity index (χ4n) is 5.74. The topological polar surface area (TPSA) is 72.1 Å². The number of benzene rings is 5. The summed E-state index contributed by atoms with van der Waals surface area (Å²) in [5.74, 6) is 0.509. The number of hydrogen-bond acceptors (Lipinski definition) is 8. The molecule has 42 heavy (non-hydrogen) atoms. The van der Waals surface area contributed by atoms with Crippen LogP contribution in [-0.2, 0) is 0 Å². The van der Waals surface area contributed by atoms with Crippen molar-refractivity contribution in [2.45, 2.75) is 19.6 Å². The maximum atomic E-state index is 13.8. The molecule has 4 heterocycles.